The van der Waals surface area contributed by atoms with Crippen LogP contribution in [0.1, 0.15) is 19.3 Å². The number of benzene rings is 2. The van der Waals surface area contributed by atoms with E-state index in [9.17, 15) is 15.0 Å². The average molecular weight is 381 g/mol. The van der Waals surface area contributed by atoms with Gasteiger partial charge in [0.05, 0.1) is 0 Å². The summed E-state index contributed by atoms with van der Waals surface area (Å²) in [7, 11) is 0. The Morgan fingerprint density at radius 3 is 2.50 bits per heavy atom. The molecule has 6 heteroatoms. The van der Waals surface area contributed by atoms with Crippen molar-refractivity contribution in [2.75, 3.05) is 26.2 Å². The van der Waals surface area contributed by atoms with Crippen molar-refractivity contribution >= 4 is 11.0 Å². The van der Waals surface area contributed by atoms with Crippen LogP contribution >= 0.6 is 0 Å². The van der Waals surface area contributed by atoms with Crippen LogP contribution in [0.2, 0.25) is 0 Å². The van der Waals surface area contributed by atoms with Crippen molar-refractivity contribution in [3.63, 3.8) is 0 Å². The monoisotopic (exact) mass is 381 g/mol. The number of phenols is 2. The fraction of sp³-hybridized carbons (Fsp3) is 0.318. The Balaban J connectivity index is 1.63. The van der Waals surface area contributed by atoms with Crippen LogP contribution in [0.15, 0.2) is 51.7 Å². The maximum atomic E-state index is 12.5. The van der Waals surface area contributed by atoms with E-state index in [1.165, 1.54) is 31.4 Å². The summed E-state index contributed by atoms with van der Waals surface area (Å²) in [4.78, 5) is 14.8. The second-order valence-corrected chi connectivity index (χ2v) is 7.04. The molecule has 0 aliphatic carbocycles. The van der Waals surface area contributed by atoms with Gasteiger partial charge < -0.3 is 19.4 Å². The summed E-state index contributed by atoms with van der Waals surface area (Å²) in [6.07, 6.45) is 3.64. The number of fused-ring (bicyclic) bond motifs is 1. The minimum absolute atomic E-state index is 0.0550. The molecule has 0 unspecified atom stereocenters. The van der Waals surface area contributed by atoms with Crippen molar-refractivity contribution in [1.82, 2.24) is 4.90 Å². The average Bonchev–Trinajstić information content (AvgIpc) is 2.72. The first-order chi connectivity index (χ1) is 13.6. The van der Waals surface area contributed by atoms with Gasteiger partial charge in [0.15, 0.2) is 16.9 Å². The van der Waals surface area contributed by atoms with Gasteiger partial charge in [0.1, 0.15) is 23.3 Å². The maximum Gasteiger partial charge on any atom is 0.201 e. The Hall–Kier alpha value is -2.99. The van der Waals surface area contributed by atoms with Gasteiger partial charge in [-0.05, 0) is 25.9 Å². The van der Waals surface area contributed by atoms with Crippen LogP contribution in [0.25, 0.3) is 22.3 Å². The molecule has 0 saturated carbocycles. The van der Waals surface area contributed by atoms with Crippen LogP contribution in [0.3, 0.4) is 0 Å². The van der Waals surface area contributed by atoms with E-state index in [1.54, 1.807) is 0 Å². The van der Waals surface area contributed by atoms with Crippen LogP contribution in [-0.2, 0) is 0 Å². The third-order valence-corrected chi connectivity index (χ3v) is 5.10. The van der Waals surface area contributed by atoms with Crippen LogP contribution in [0.4, 0.5) is 0 Å². The second-order valence-electron chi connectivity index (χ2n) is 7.04. The summed E-state index contributed by atoms with van der Waals surface area (Å²) in [6.45, 7) is 3.22. The zero-order chi connectivity index (χ0) is 19.5. The van der Waals surface area contributed by atoms with E-state index >= 15 is 0 Å². The van der Waals surface area contributed by atoms with E-state index in [0.717, 1.165) is 25.2 Å². The van der Waals surface area contributed by atoms with Crippen molar-refractivity contribution in [2.45, 2.75) is 19.3 Å². The third-order valence-electron chi connectivity index (χ3n) is 5.10. The van der Waals surface area contributed by atoms with Gasteiger partial charge >= 0.3 is 0 Å². The summed E-state index contributed by atoms with van der Waals surface area (Å²) < 4.78 is 11.5. The van der Waals surface area contributed by atoms with Crippen LogP contribution in [0.5, 0.6) is 17.2 Å². The highest BCUT2D eigenvalue weighted by Gasteiger charge is 2.19. The van der Waals surface area contributed by atoms with E-state index < -0.39 is 16.9 Å². The molecule has 2 heterocycles. The molecule has 146 valence electrons. The standard InChI is InChI=1S/C22H23NO5/c24-16-13-17(15-7-3-1-4-8-15)28-18-14-19(21(25)22(26)20(16)18)27-12-11-23-9-5-2-6-10-23/h1,3-4,7-8,13-14,25-26H,2,5-6,9-12H2. The van der Waals surface area contributed by atoms with Crippen LogP contribution in [-0.4, -0.2) is 41.4 Å². The van der Waals surface area contributed by atoms with Gasteiger partial charge in [-0.2, -0.15) is 0 Å². The highest BCUT2D eigenvalue weighted by atomic mass is 16.5. The molecule has 1 aliphatic heterocycles. The lowest BCUT2D eigenvalue weighted by molar-refractivity contribution is 0.180. The fourth-order valence-corrected chi connectivity index (χ4v) is 3.59. The molecule has 4 rings (SSSR count). The summed E-state index contributed by atoms with van der Waals surface area (Å²) in [5.41, 5.74) is 0.504. The first-order valence-corrected chi connectivity index (χ1v) is 9.57. The Morgan fingerprint density at radius 2 is 1.75 bits per heavy atom. The van der Waals surface area contributed by atoms with Crippen molar-refractivity contribution in [3.8, 4) is 28.6 Å². The molecule has 1 aliphatic rings. The van der Waals surface area contributed by atoms with Crippen LogP contribution < -0.4 is 10.2 Å². The SMILES string of the molecule is O=c1cc(-c2ccccc2)oc2cc(OCCN3CCCCC3)c(O)c(O)c12. The fourth-order valence-electron chi connectivity index (χ4n) is 3.59. The number of ether oxygens (including phenoxy) is 1. The number of likely N-dealkylation sites (tertiary alicyclic amines) is 1. The number of phenolic OH excluding ortho intramolecular Hbond substituents is 2. The highest BCUT2D eigenvalue weighted by Crippen LogP contribution is 2.41. The molecule has 3 aromatic rings. The lowest BCUT2D eigenvalue weighted by atomic mass is 10.1. The van der Waals surface area contributed by atoms with Crippen molar-refractivity contribution in [1.29, 1.82) is 0 Å². The predicted octanol–water partition coefficient (Wildman–Crippen LogP) is 3.74. The molecule has 2 aromatic carbocycles. The Bertz CT molecular complexity index is 1020. The molecule has 0 radical (unpaired) electrons. The minimum Gasteiger partial charge on any atom is -0.504 e. The molecule has 1 saturated heterocycles. The molecule has 0 bridgehead atoms. The quantitative estimate of drug-likeness (QED) is 0.655. The largest absolute Gasteiger partial charge is 0.504 e. The van der Waals surface area contributed by atoms with Gasteiger partial charge in [0, 0.05) is 24.2 Å². The number of aromatic hydroxyl groups is 2. The van der Waals surface area contributed by atoms with Gasteiger partial charge in [0.25, 0.3) is 0 Å². The molecular weight excluding hydrogens is 358 g/mol. The maximum absolute atomic E-state index is 12.5. The van der Waals surface area contributed by atoms with Gasteiger partial charge in [-0.1, -0.05) is 36.8 Å². The third kappa shape index (κ3) is 3.68. The molecular formula is C22H23NO5. The van der Waals surface area contributed by atoms with E-state index in [4.69, 9.17) is 9.15 Å². The molecule has 28 heavy (non-hydrogen) atoms. The lowest BCUT2D eigenvalue weighted by Gasteiger charge is -2.26. The van der Waals surface area contributed by atoms with Crippen molar-refractivity contribution < 1.29 is 19.4 Å². The van der Waals surface area contributed by atoms with Gasteiger partial charge in [0.2, 0.25) is 5.75 Å². The molecule has 1 aromatic heterocycles. The first-order valence-electron chi connectivity index (χ1n) is 9.57. The Kier molecular flexibility index (Phi) is 5.21. The molecule has 0 spiro atoms. The number of hydrogen-bond donors (Lipinski definition) is 2. The zero-order valence-corrected chi connectivity index (χ0v) is 15.6. The van der Waals surface area contributed by atoms with E-state index in [0.29, 0.717) is 12.4 Å². The number of nitrogens with zero attached hydrogens (tertiary/aromatic N) is 1. The topological polar surface area (TPSA) is 83.1 Å². The number of rotatable bonds is 5. The summed E-state index contributed by atoms with van der Waals surface area (Å²) >= 11 is 0. The molecule has 2 N–H and O–H groups in total. The van der Waals surface area contributed by atoms with E-state index in [2.05, 4.69) is 4.90 Å². The Labute approximate surface area is 162 Å². The minimum atomic E-state index is -0.515. The second kappa shape index (κ2) is 7.94. The molecule has 6 nitrogen and oxygen atoms in total. The number of hydrogen-bond acceptors (Lipinski definition) is 6. The Morgan fingerprint density at radius 1 is 1.00 bits per heavy atom. The van der Waals surface area contributed by atoms with Crippen LogP contribution in [0, 0.1) is 0 Å². The van der Waals surface area contributed by atoms with Gasteiger partial charge in [-0.3, -0.25) is 9.69 Å². The van der Waals surface area contributed by atoms with E-state index in [1.807, 2.05) is 30.3 Å². The smallest absolute Gasteiger partial charge is 0.201 e. The lowest BCUT2D eigenvalue weighted by Crippen LogP contribution is -2.33. The van der Waals surface area contributed by atoms with Gasteiger partial charge in [-0.25, -0.2) is 0 Å². The molecule has 1 fully saturated rings. The summed E-state index contributed by atoms with van der Waals surface area (Å²) in [5.74, 6) is -0.456. The molecule has 0 atom stereocenters. The van der Waals surface area contributed by atoms with Crippen molar-refractivity contribution in [2.24, 2.45) is 0 Å². The number of piperidine rings is 1. The predicted molar refractivity (Wildman–Crippen MR) is 107 cm³/mol. The normalized spacial score (nSPS) is 15.0. The van der Waals surface area contributed by atoms with E-state index in [-0.39, 0.29) is 16.7 Å². The van der Waals surface area contributed by atoms with Crippen molar-refractivity contribution in [3.05, 3.63) is 52.7 Å². The van der Waals surface area contributed by atoms with Gasteiger partial charge in [-0.15, -0.1) is 0 Å². The molecule has 0 amide bonds. The highest BCUT2D eigenvalue weighted by molar-refractivity contribution is 5.89. The first kappa shape index (κ1) is 18.4. The zero-order valence-electron chi connectivity index (χ0n) is 15.6. The summed E-state index contributed by atoms with van der Waals surface area (Å²) in [6, 6.07) is 12.0. The summed E-state index contributed by atoms with van der Waals surface area (Å²) in [5, 5.41) is 20.5.